The summed E-state index contributed by atoms with van der Waals surface area (Å²) in [5.74, 6) is -0.161. The van der Waals surface area contributed by atoms with Crippen molar-refractivity contribution in [2.45, 2.75) is 13.0 Å². The van der Waals surface area contributed by atoms with Gasteiger partial charge in [0.25, 0.3) is 0 Å². The van der Waals surface area contributed by atoms with Gasteiger partial charge in [-0.25, -0.2) is 10.4 Å². The minimum absolute atomic E-state index is 0.161. The highest BCUT2D eigenvalue weighted by Crippen LogP contribution is 2.13. The van der Waals surface area contributed by atoms with E-state index in [1.54, 1.807) is 12.4 Å². The number of halogens is 1. The van der Waals surface area contributed by atoms with E-state index < -0.39 is 0 Å². The fourth-order valence-corrected chi connectivity index (χ4v) is 2.40. The number of para-hydroxylation sites is 2. The van der Waals surface area contributed by atoms with Gasteiger partial charge in [-0.05, 0) is 18.2 Å². The van der Waals surface area contributed by atoms with Crippen molar-refractivity contribution in [3.63, 3.8) is 0 Å². The zero-order chi connectivity index (χ0) is 16.1. The monoisotopic (exact) mass is 326 g/mol. The number of nitrogens with one attached hydrogen (secondary N) is 1. The highest BCUT2D eigenvalue weighted by Gasteiger charge is 2.04. The normalized spacial score (nSPS) is 11.2. The molecule has 0 atom stereocenters. The minimum Gasteiger partial charge on any atom is -0.330 e. The van der Waals surface area contributed by atoms with Crippen LogP contribution < -0.4 is 5.43 Å². The van der Waals surface area contributed by atoms with Crippen molar-refractivity contribution in [3.8, 4) is 0 Å². The molecule has 1 amide bonds. The molecule has 1 N–H and O–H groups in total. The number of amides is 1. The highest BCUT2D eigenvalue weighted by atomic mass is 35.5. The first-order valence-corrected chi connectivity index (χ1v) is 7.58. The molecule has 1 aromatic heterocycles. The summed E-state index contributed by atoms with van der Waals surface area (Å²) in [7, 11) is 0. The quantitative estimate of drug-likeness (QED) is 0.578. The number of hydrogen-bond acceptors (Lipinski definition) is 3. The van der Waals surface area contributed by atoms with Gasteiger partial charge >= 0.3 is 0 Å². The molecule has 1 heterocycles. The summed E-state index contributed by atoms with van der Waals surface area (Å²) in [6.07, 6.45) is 3.60. The number of rotatable bonds is 5. The lowest BCUT2D eigenvalue weighted by atomic mass is 10.2. The maximum Gasteiger partial charge on any atom is 0.241 e. The zero-order valence-corrected chi connectivity index (χ0v) is 13.1. The summed E-state index contributed by atoms with van der Waals surface area (Å²) in [5.41, 5.74) is 5.20. The van der Waals surface area contributed by atoms with Gasteiger partial charge in [0.1, 0.15) is 0 Å². The highest BCUT2D eigenvalue weighted by molar-refractivity contribution is 6.33. The van der Waals surface area contributed by atoms with Crippen LogP contribution in [0.3, 0.4) is 0 Å². The Balaban J connectivity index is 1.55. The molecule has 0 fully saturated rings. The van der Waals surface area contributed by atoms with Crippen molar-refractivity contribution >= 4 is 34.8 Å². The molecular weight excluding hydrogens is 312 g/mol. The largest absolute Gasteiger partial charge is 0.330 e. The predicted octanol–water partition coefficient (Wildman–Crippen LogP) is 3.23. The number of fused-ring (bicyclic) bond motifs is 1. The van der Waals surface area contributed by atoms with Crippen LogP contribution >= 0.6 is 11.6 Å². The van der Waals surface area contributed by atoms with E-state index in [1.807, 2.05) is 47.0 Å². The summed E-state index contributed by atoms with van der Waals surface area (Å²) < 4.78 is 1.95. The van der Waals surface area contributed by atoms with E-state index in [0.717, 1.165) is 16.6 Å². The van der Waals surface area contributed by atoms with Crippen molar-refractivity contribution in [1.29, 1.82) is 0 Å². The van der Waals surface area contributed by atoms with Crippen molar-refractivity contribution in [1.82, 2.24) is 15.0 Å². The lowest BCUT2D eigenvalue weighted by molar-refractivity contribution is -0.121. The summed E-state index contributed by atoms with van der Waals surface area (Å²) in [6, 6.07) is 15.1. The topological polar surface area (TPSA) is 59.3 Å². The van der Waals surface area contributed by atoms with E-state index in [0.29, 0.717) is 18.0 Å². The lowest BCUT2D eigenvalue weighted by Gasteiger charge is -2.03. The first-order chi connectivity index (χ1) is 11.2. The fraction of sp³-hybridized carbons (Fsp3) is 0.118. The Kier molecular flexibility index (Phi) is 4.68. The van der Waals surface area contributed by atoms with Crippen molar-refractivity contribution in [2.24, 2.45) is 5.10 Å². The van der Waals surface area contributed by atoms with E-state index in [9.17, 15) is 4.79 Å². The molecular formula is C17H15ClN4O. The first-order valence-electron chi connectivity index (χ1n) is 7.20. The molecule has 2 aromatic carbocycles. The van der Waals surface area contributed by atoms with Gasteiger partial charge in [0, 0.05) is 23.6 Å². The second-order valence-electron chi connectivity index (χ2n) is 4.99. The number of benzene rings is 2. The van der Waals surface area contributed by atoms with Crippen molar-refractivity contribution in [3.05, 3.63) is 65.4 Å². The number of imidazole rings is 1. The molecule has 0 bridgehead atoms. The Morgan fingerprint density at radius 1 is 1.22 bits per heavy atom. The van der Waals surface area contributed by atoms with Gasteiger partial charge in [0.15, 0.2) is 0 Å². The molecule has 3 aromatic rings. The van der Waals surface area contributed by atoms with Gasteiger partial charge in [0.05, 0.1) is 23.6 Å². The molecule has 5 nitrogen and oxygen atoms in total. The molecule has 6 heteroatoms. The maximum absolute atomic E-state index is 11.9. The van der Waals surface area contributed by atoms with Crippen LogP contribution in [0.1, 0.15) is 12.0 Å². The van der Waals surface area contributed by atoms with Crippen LogP contribution in [-0.4, -0.2) is 21.7 Å². The average Bonchev–Trinajstić information content (AvgIpc) is 2.98. The summed E-state index contributed by atoms with van der Waals surface area (Å²) in [6.45, 7) is 0.550. The third-order valence-corrected chi connectivity index (χ3v) is 3.75. The van der Waals surface area contributed by atoms with Gasteiger partial charge in [0.2, 0.25) is 5.91 Å². The zero-order valence-electron chi connectivity index (χ0n) is 12.3. The molecule has 0 saturated carbocycles. The summed E-state index contributed by atoms with van der Waals surface area (Å²) >= 11 is 6.01. The standard InChI is InChI=1S/C17H15ClN4O/c18-14-6-2-1-5-13(14)11-20-21-17(23)9-10-22-12-19-15-7-3-4-8-16(15)22/h1-8,11-12H,9-10H2,(H,21,23)/b20-11+. The Hall–Kier alpha value is -2.66. The van der Waals surface area contributed by atoms with Gasteiger partial charge in [-0.3, -0.25) is 4.79 Å². The minimum atomic E-state index is -0.161. The van der Waals surface area contributed by atoms with Gasteiger partial charge in [-0.1, -0.05) is 41.9 Å². The van der Waals surface area contributed by atoms with Crippen molar-refractivity contribution < 1.29 is 4.79 Å². The second kappa shape index (κ2) is 7.07. The summed E-state index contributed by atoms with van der Waals surface area (Å²) in [4.78, 5) is 16.2. The number of carbonyl (C=O) groups is 1. The molecule has 0 radical (unpaired) electrons. The second-order valence-corrected chi connectivity index (χ2v) is 5.40. The van der Waals surface area contributed by atoms with E-state index >= 15 is 0 Å². The number of carbonyl (C=O) groups excluding carboxylic acids is 1. The van der Waals surface area contributed by atoms with Crippen LogP contribution in [0, 0.1) is 0 Å². The summed E-state index contributed by atoms with van der Waals surface area (Å²) in [5, 5.41) is 4.52. The van der Waals surface area contributed by atoms with E-state index in [2.05, 4.69) is 15.5 Å². The molecule has 0 saturated heterocycles. The number of nitrogens with zero attached hydrogens (tertiary/aromatic N) is 3. The van der Waals surface area contributed by atoms with Crippen LogP contribution in [0.15, 0.2) is 60.0 Å². The Labute approximate surface area is 138 Å². The average molecular weight is 327 g/mol. The SMILES string of the molecule is O=C(CCn1cnc2ccccc21)N/N=C/c1ccccc1Cl. The van der Waals surface area contributed by atoms with E-state index in [4.69, 9.17) is 11.6 Å². The maximum atomic E-state index is 11.9. The van der Waals surface area contributed by atoms with Crippen LogP contribution in [0.25, 0.3) is 11.0 Å². The van der Waals surface area contributed by atoms with Gasteiger partial charge in [-0.2, -0.15) is 5.10 Å². The van der Waals surface area contributed by atoms with Crippen molar-refractivity contribution in [2.75, 3.05) is 0 Å². The Morgan fingerprint density at radius 3 is 2.87 bits per heavy atom. The molecule has 0 aliphatic carbocycles. The smallest absolute Gasteiger partial charge is 0.241 e. The van der Waals surface area contributed by atoms with Gasteiger partial charge < -0.3 is 4.57 Å². The van der Waals surface area contributed by atoms with Crippen LogP contribution in [-0.2, 0) is 11.3 Å². The molecule has 116 valence electrons. The molecule has 0 spiro atoms. The predicted molar refractivity (Wildman–Crippen MR) is 91.5 cm³/mol. The third kappa shape index (κ3) is 3.76. The molecule has 3 rings (SSSR count). The number of aryl methyl sites for hydroxylation is 1. The first kappa shape index (κ1) is 15.2. The van der Waals surface area contributed by atoms with Crippen LogP contribution in [0.4, 0.5) is 0 Å². The molecule has 0 aliphatic heterocycles. The lowest BCUT2D eigenvalue weighted by Crippen LogP contribution is -2.19. The fourth-order valence-electron chi connectivity index (χ4n) is 2.22. The third-order valence-electron chi connectivity index (χ3n) is 3.41. The van der Waals surface area contributed by atoms with Crippen LogP contribution in [0.2, 0.25) is 5.02 Å². The number of aromatic nitrogens is 2. The number of hydrazone groups is 1. The van der Waals surface area contributed by atoms with E-state index in [1.165, 1.54) is 6.21 Å². The molecule has 0 unspecified atom stereocenters. The Bertz CT molecular complexity index is 856. The van der Waals surface area contributed by atoms with Crippen LogP contribution in [0.5, 0.6) is 0 Å². The molecule has 23 heavy (non-hydrogen) atoms. The Morgan fingerprint density at radius 2 is 2.00 bits per heavy atom. The molecule has 0 aliphatic rings. The van der Waals surface area contributed by atoms with E-state index in [-0.39, 0.29) is 5.91 Å². The number of hydrogen-bond donors (Lipinski definition) is 1. The van der Waals surface area contributed by atoms with Gasteiger partial charge in [-0.15, -0.1) is 0 Å².